The van der Waals surface area contributed by atoms with Gasteiger partial charge in [-0.05, 0) is 31.6 Å². The van der Waals surface area contributed by atoms with E-state index in [4.69, 9.17) is 0 Å². The Morgan fingerprint density at radius 1 is 1.31 bits per heavy atom. The van der Waals surface area contributed by atoms with Crippen molar-refractivity contribution in [2.75, 3.05) is 11.9 Å². The lowest BCUT2D eigenvalue weighted by atomic mass is 9.86. The maximum atomic E-state index is 4.54. The summed E-state index contributed by atoms with van der Waals surface area (Å²) < 4.78 is 0. The number of fused-ring (bicyclic) bond motifs is 3. The van der Waals surface area contributed by atoms with Gasteiger partial charge in [-0.25, -0.2) is 0 Å². The van der Waals surface area contributed by atoms with E-state index in [9.17, 15) is 0 Å². The van der Waals surface area contributed by atoms with Crippen molar-refractivity contribution in [1.29, 1.82) is 0 Å². The number of allylic oxidation sites excluding steroid dienone is 2. The minimum atomic E-state index is 0.435. The van der Waals surface area contributed by atoms with Gasteiger partial charge in [0.15, 0.2) is 0 Å². The van der Waals surface area contributed by atoms with Crippen LogP contribution in [0.25, 0.3) is 0 Å². The molecule has 2 nitrogen and oxygen atoms in total. The molecule has 1 aliphatic heterocycles. The van der Waals surface area contributed by atoms with Crippen molar-refractivity contribution in [1.82, 2.24) is 4.98 Å². The zero-order valence-corrected chi connectivity index (χ0v) is 9.94. The first-order chi connectivity index (χ1) is 7.70. The second-order valence-corrected chi connectivity index (χ2v) is 4.71. The summed E-state index contributed by atoms with van der Waals surface area (Å²) in [6.07, 6.45) is 6.42. The lowest BCUT2D eigenvalue weighted by Crippen LogP contribution is -2.32. The Labute approximate surface area is 96.3 Å². The van der Waals surface area contributed by atoms with Gasteiger partial charge >= 0.3 is 0 Å². The average molecular weight is 212 g/mol. The highest BCUT2D eigenvalue weighted by Gasteiger charge is 2.38. The van der Waals surface area contributed by atoms with E-state index in [1.165, 1.54) is 22.5 Å². The molecule has 0 N–H and O–H groups in total. The first-order valence-electron chi connectivity index (χ1n) is 5.73. The van der Waals surface area contributed by atoms with Crippen LogP contribution in [0.3, 0.4) is 0 Å². The Kier molecular flexibility index (Phi) is 1.93. The minimum absolute atomic E-state index is 0.435. The summed E-state index contributed by atoms with van der Waals surface area (Å²) in [6.45, 7) is 4.42. The van der Waals surface area contributed by atoms with Gasteiger partial charge < -0.3 is 4.90 Å². The normalized spacial score (nSPS) is 27.1. The quantitative estimate of drug-likeness (QED) is 0.657. The van der Waals surface area contributed by atoms with E-state index in [1.54, 1.807) is 0 Å². The standard InChI is InChI=1S/C14H16N2/c1-9-6-7-11-13-12(5-4-8-15-13)16(3)14(11)10(9)2/h4-8,11,14H,1-3H3. The van der Waals surface area contributed by atoms with Crippen molar-refractivity contribution in [2.45, 2.75) is 25.8 Å². The molecule has 2 atom stereocenters. The van der Waals surface area contributed by atoms with Gasteiger partial charge in [-0.2, -0.15) is 0 Å². The fourth-order valence-corrected chi connectivity index (χ4v) is 2.87. The third kappa shape index (κ3) is 1.10. The van der Waals surface area contributed by atoms with E-state index in [0.717, 1.165) is 0 Å². The van der Waals surface area contributed by atoms with Crippen molar-refractivity contribution in [3.8, 4) is 0 Å². The third-order valence-electron chi connectivity index (χ3n) is 3.89. The van der Waals surface area contributed by atoms with Crippen LogP contribution >= 0.6 is 0 Å². The number of pyridine rings is 1. The number of likely N-dealkylation sites (N-methyl/N-ethyl adjacent to an activating group) is 1. The Hall–Kier alpha value is -1.57. The largest absolute Gasteiger partial charge is 0.365 e. The van der Waals surface area contributed by atoms with E-state index in [2.05, 4.69) is 49.0 Å². The molecule has 3 rings (SSSR count). The molecule has 0 saturated heterocycles. The molecule has 1 aliphatic carbocycles. The zero-order valence-electron chi connectivity index (χ0n) is 9.94. The molecular formula is C14H16N2. The molecule has 2 unspecified atom stereocenters. The molecule has 0 fully saturated rings. The van der Waals surface area contributed by atoms with E-state index in [-0.39, 0.29) is 0 Å². The summed E-state index contributed by atoms with van der Waals surface area (Å²) in [7, 11) is 2.17. The van der Waals surface area contributed by atoms with Crippen LogP contribution < -0.4 is 4.90 Å². The number of nitrogens with zero attached hydrogens (tertiary/aromatic N) is 2. The molecule has 0 bridgehead atoms. The van der Waals surface area contributed by atoms with Crippen molar-refractivity contribution in [3.63, 3.8) is 0 Å². The second kappa shape index (κ2) is 3.21. The summed E-state index contributed by atoms with van der Waals surface area (Å²) in [5.41, 5.74) is 5.35. The lowest BCUT2D eigenvalue weighted by Gasteiger charge is -2.29. The number of hydrogen-bond acceptors (Lipinski definition) is 2. The van der Waals surface area contributed by atoms with Crippen LogP contribution in [0.15, 0.2) is 41.6 Å². The minimum Gasteiger partial charge on any atom is -0.365 e. The second-order valence-electron chi connectivity index (χ2n) is 4.71. The van der Waals surface area contributed by atoms with Crippen LogP contribution in [0.4, 0.5) is 5.69 Å². The molecule has 2 heteroatoms. The highest BCUT2D eigenvalue weighted by Crippen LogP contribution is 2.44. The van der Waals surface area contributed by atoms with Gasteiger partial charge in [-0.3, -0.25) is 4.98 Å². The van der Waals surface area contributed by atoms with Gasteiger partial charge in [-0.1, -0.05) is 17.7 Å². The van der Waals surface area contributed by atoms with Crippen LogP contribution in [0.2, 0.25) is 0 Å². The first kappa shape index (κ1) is 9.64. The molecule has 0 aromatic carbocycles. The molecular weight excluding hydrogens is 196 g/mol. The van der Waals surface area contributed by atoms with Gasteiger partial charge in [0.2, 0.25) is 0 Å². The van der Waals surface area contributed by atoms with Crippen LogP contribution in [0.1, 0.15) is 25.5 Å². The fraction of sp³-hybridized carbons (Fsp3) is 0.357. The molecule has 82 valence electrons. The first-order valence-corrected chi connectivity index (χ1v) is 5.73. The molecule has 0 spiro atoms. The van der Waals surface area contributed by atoms with Gasteiger partial charge in [-0.15, -0.1) is 0 Å². The van der Waals surface area contributed by atoms with Gasteiger partial charge in [0.05, 0.1) is 17.4 Å². The predicted molar refractivity (Wildman–Crippen MR) is 66.7 cm³/mol. The van der Waals surface area contributed by atoms with Crippen LogP contribution in [0, 0.1) is 0 Å². The monoisotopic (exact) mass is 212 g/mol. The highest BCUT2D eigenvalue weighted by atomic mass is 15.2. The lowest BCUT2D eigenvalue weighted by molar-refractivity contribution is 0.670. The highest BCUT2D eigenvalue weighted by molar-refractivity contribution is 5.64. The van der Waals surface area contributed by atoms with Gasteiger partial charge in [0.25, 0.3) is 0 Å². The van der Waals surface area contributed by atoms with Crippen molar-refractivity contribution >= 4 is 5.69 Å². The fourth-order valence-electron chi connectivity index (χ4n) is 2.87. The third-order valence-corrected chi connectivity index (χ3v) is 3.89. The summed E-state index contributed by atoms with van der Waals surface area (Å²) in [5.74, 6) is 0.435. The molecule has 16 heavy (non-hydrogen) atoms. The van der Waals surface area contributed by atoms with Crippen LogP contribution in [0.5, 0.6) is 0 Å². The molecule has 0 radical (unpaired) electrons. The molecule has 2 heterocycles. The van der Waals surface area contributed by atoms with Crippen LogP contribution in [-0.2, 0) is 0 Å². The Morgan fingerprint density at radius 3 is 2.94 bits per heavy atom. The number of aromatic nitrogens is 1. The zero-order chi connectivity index (χ0) is 11.3. The van der Waals surface area contributed by atoms with E-state index < -0.39 is 0 Å². The molecule has 1 aromatic heterocycles. The van der Waals surface area contributed by atoms with Gasteiger partial charge in [0, 0.05) is 19.2 Å². The predicted octanol–water partition coefficient (Wildman–Crippen LogP) is 2.89. The van der Waals surface area contributed by atoms with Gasteiger partial charge in [0.1, 0.15) is 0 Å². The van der Waals surface area contributed by atoms with E-state index in [1.807, 2.05) is 12.3 Å². The molecule has 0 saturated carbocycles. The number of hydrogen-bond donors (Lipinski definition) is 0. The topological polar surface area (TPSA) is 16.1 Å². The summed E-state index contributed by atoms with van der Waals surface area (Å²) in [4.78, 5) is 6.89. The smallest absolute Gasteiger partial charge is 0.0729 e. The molecule has 0 amide bonds. The Balaban J connectivity index is 2.17. The van der Waals surface area contributed by atoms with Crippen molar-refractivity contribution in [3.05, 3.63) is 47.3 Å². The average Bonchev–Trinajstić information content (AvgIpc) is 2.59. The van der Waals surface area contributed by atoms with Crippen LogP contribution in [-0.4, -0.2) is 18.1 Å². The van der Waals surface area contributed by atoms with Crippen molar-refractivity contribution < 1.29 is 0 Å². The summed E-state index contributed by atoms with van der Waals surface area (Å²) in [5, 5.41) is 0. The number of anilines is 1. The Morgan fingerprint density at radius 2 is 2.12 bits per heavy atom. The summed E-state index contributed by atoms with van der Waals surface area (Å²) in [6, 6.07) is 4.65. The molecule has 1 aromatic rings. The number of rotatable bonds is 0. The van der Waals surface area contributed by atoms with Crippen molar-refractivity contribution in [2.24, 2.45) is 0 Å². The molecule has 2 aliphatic rings. The Bertz CT molecular complexity index is 499. The van der Waals surface area contributed by atoms with E-state index >= 15 is 0 Å². The maximum absolute atomic E-state index is 4.54. The van der Waals surface area contributed by atoms with E-state index in [0.29, 0.717) is 12.0 Å². The SMILES string of the molecule is CC1=C(C)C2C(C=C1)c1ncccc1N2C. The summed E-state index contributed by atoms with van der Waals surface area (Å²) >= 11 is 0. The maximum Gasteiger partial charge on any atom is 0.0729 e.